The maximum atomic E-state index is 6.02. The third-order valence-electron chi connectivity index (χ3n) is 3.03. The summed E-state index contributed by atoms with van der Waals surface area (Å²) in [6.07, 6.45) is 5.45. The number of hydrogen-bond donors (Lipinski definition) is 0. The number of halogens is 3. The van der Waals surface area contributed by atoms with Gasteiger partial charge >= 0.3 is 0 Å². The van der Waals surface area contributed by atoms with Crippen LogP contribution in [0.25, 0.3) is 0 Å². The lowest BCUT2D eigenvalue weighted by Gasteiger charge is -2.30. The van der Waals surface area contributed by atoms with E-state index in [0.29, 0.717) is 21.8 Å². The normalized spacial score (nSPS) is 31.2. The second kappa shape index (κ2) is 7.57. The van der Waals surface area contributed by atoms with Gasteiger partial charge in [0.2, 0.25) is 0 Å². The van der Waals surface area contributed by atoms with Crippen LogP contribution < -0.4 is 0 Å². The highest BCUT2D eigenvalue weighted by atomic mass is 127. The Morgan fingerprint density at radius 2 is 1.80 bits per heavy atom. The molecule has 90 valence electrons. The van der Waals surface area contributed by atoms with E-state index < -0.39 is 0 Å². The van der Waals surface area contributed by atoms with Crippen LogP contribution in [0, 0.1) is 5.92 Å². The molecule has 0 saturated heterocycles. The van der Waals surface area contributed by atoms with Crippen molar-refractivity contribution < 1.29 is 4.74 Å². The quantitative estimate of drug-likeness (QED) is 0.524. The van der Waals surface area contributed by atoms with Gasteiger partial charge in [0.05, 0.1) is 16.1 Å². The van der Waals surface area contributed by atoms with Gasteiger partial charge in [0.1, 0.15) is 0 Å². The fourth-order valence-electron chi connectivity index (χ4n) is 1.93. The summed E-state index contributed by atoms with van der Waals surface area (Å²) in [7, 11) is 0. The van der Waals surface area contributed by atoms with Crippen molar-refractivity contribution in [3.05, 3.63) is 0 Å². The zero-order valence-corrected chi connectivity index (χ0v) is 12.8. The second-order valence-electron chi connectivity index (χ2n) is 4.38. The predicted octanol–water partition coefficient (Wildman–Crippen LogP) is 4.23. The van der Waals surface area contributed by atoms with Crippen molar-refractivity contribution in [2.24, 2.45) is 5.92 Å². The lowest BCUT2D eigenvalue weighted by molar-refractivity contribution is -0.0218. The molecule has 0 amide bonds. The molecule has 1 aliphatic rings. The Bertz CT molecular complexity index is 172. The van der Waals surface area contributed by atoms with Crippen molar-refractivity contribution in [1.82, 2.24) is 0 Å². The molecule has 0 N–H and O–H groups in total. The van der Waals surface area contributed by atoms with Gasteiger partial charge < -0.3 is 4.74 Å². The Morgan fingerprint density at radius 3 is 2.27 bits per heavy atom. The molecule has 1 nitrogen and oxygen atoms in total. The van der Waals surface area contributed by atoms with Crippen LogP contribution >= 0.6 is 45.8 Å². The van der Waals surface area contributed by atoms with Crippen LogP contribution in [-0.2, 0) is 4.74 Å². The average molecular weight is 365 g/mol. The summed E-state index contributed by atoms with van der Waals surface area (Å²) < 4.78 is 6.34. The monoisotopic (exact) mass is 364 g/mol. The third kappa shape index (κ3) is 4.97. The van der Waals surface area contributed by atoms with Crippen molar-refractivity contribution in [1.29, 1.82) is 0 Å². The van der Waals surface area contributed by atoms with Crippen molar-refractivity contribution in [3.63, 3.8) is 0 Å². The van der Waals surface area contributed by atoms with Gasteiger partial charge in [0, 0.05) is 11.8 Å². The van der Waals surface area contributed by atoms with Crippen LogP contribution in [0.4, 0.5) is 0 Å². The van der Waals surface area contributed by atoms with E-state index in [1.165, 1.54) is 25.7 Å². The molecule has 0 heterocycles. The highest BCUT2D eigenvalue weighted by Crippen LogP contribution is 2.28. The molecule has 15 heavy (non-hydrogen) atoms. The summed E-state index contributed by atoms with van der Waals surface area (Å²) in [5, 5.41) is 0. The van der Waals surface area contributed by atoms with Crippen LogP contribution in [0.15, 0.2) is 0 Å². The van der Waals surface area contributed by atoms with Crippen LogP contribution in [0.2, 0.25) is 0 Å². The molecule has 1 saturated carbocycles. The molecular weight excluding hydrogens is 346 g/mol. The van der Waals surface area contributed by atoms with Crippen molar-refractivity contribution in [2.45, 2.75) is 48.7 Å². The molecule has 0 bridgehead atoms. The fourth-order valence-corrected chi connectivity index (χ4v) is 3.14. The number of ether oxygens (including phenoxy) is 1. The molecule has 0 aromatic carbocycles. The van der Waals surface area contributed by atoms with E-state index in [1.807, 2.05) is 0 Å². The largest absolute Gasteiger partial charge is 0.373 e. The Labute approximate surface area is 116 Å². The van der Waals surface area contributed by atoms with Gasteiger partial charge in [0.15, 0.2) is 0 Å². The first-order valence-corrected chi connectivity index (χ1v) is 7.90. The highest BCUT2D eigenvalue weighted by Gasteiger charge is 2.25. The van der Waals surface area contributed by atoms with Crippen LogP contribution in [0.3, 0.4) is 0 Å². The molecule has 1 aliphatic carbocycles. The zero-order valence-electron chi connectivity index (χ0n) is 9.09. The minimum absolute atomic E-state index is 0.114. The maximum Gasteiger partial charge on any atom is 0.0843 e. The summed E-state index contributed by atoms with van der Waals surface area (Å²) in [5.41, 5.74) is 0. The van der Waals surface area contributed by atoms with E-state index in [-0.39, 0.29) is 6.10 Å². The smallest absolute Gasteiger partial charge is 0.0843 e. The van der Waals surface area contributed by atoms with Gasteiger partial charge in [-0.3, -0.25) is 0 Å². The molecule has 1 rings (SSSR count). The lowest BCUT2D eigenvalue weighted by atomic mass is 9.89. The molecule has 0 aliphatic heterocycles. The Kier molecular flexibility index (Phi) is 7.23. The first-order chi connectivity index (χ1) is 7.17. The van der Waals surface area contributed by atoms with Crippen molar-refractivity contribution >= 4 is 45.8 Å². The molecule has 4 heteroatoms. The Hall–Kier alpha value is 1.27. The summed E-state index contributed by atoms with van der Waals surface area (Å²) in [5.74, 6) is 2.02. The summed E-state index contributed by atoms with van der Waals surface area (Å²) in [4.78, 5) is 0. The van der Waals surface area contributed by atoms with E-state index >= 15 is 0 Å². The molecular formula is C11H19Cl2IO. The zero-order chi connectivity index (χ0) is 11.3. The second-order valence-corrected chi connectivity index (χ2v) is 6.60. The molecule has 0 aromatic heterocycles. The van der Waals surface area contributed by atoms with Gasteiger partial charge in [-0.15, -0.1) is 23.2 Å². The standard InChI is InChI=1S/C11H19Cl2IO/c1-8-2-4-9(5-3-8)15-11(7-13)10(14)6-12/h8-11H,2-7H2,1H3. The Morgan fingerprint density at radius 1 is 1.20 bits per heavy atom. The van der Waals surface area contributed by atoms with Gasteiger partial charge in [0.25, 0.3) is 0 Å². The number of rotatable bonds is 5. The SMILES string of the molecule is CC1CCC(OC(CCl)C(I)CCl)CC1. The third-order valence-corrected chi connectivity index (χ3v) is 5.43. The number of alkyl halides is 3. The van der Waals surface area contributed by atoms with Crippen molar-refractivity contribution in [2.75, 3.05) is 11.8 Å². The van der Waals surface area contributed by atoms with E-state index in [9.17, 15) is 0 Å². The van der Waals surface area contributed by atoms with Crippen LogP contribution in [0.1, 0.15) is 32.6 Å². The van der Waals surface area contributed by atoms with E-state index in [0.717, 1.165) is 5.92 Å². The predicted molar refractivity (Wildman–Crippen MR) is 75.5 cm³/mol. The van der Waals surface area contributed by atoms with Crippen LogP contribution in [0.5, 0.6) is 0 Å². The summed E-state index contributed by atoms with van der Waals surface area (Å²) >= 11 is 14.0. The van der Waals surface area contributed by atoms with Gasteiger partial charge in [-0.25, -0.2) is 0 Å². The van der Waals surface area contributed by atoms with Crippen LogP contribution in [-0.4, -0.2) is 27.9 Å². The van der Waals surface area contributed by atoms with Gasteiger partial charge in [-0.1, -0.05) is 29.5 Å². The van der Waals surface area contributed by atoms with E-state index in [2.05, 4.69) is 29.5 Å². The molecule has 1 fully saturated rings. The molecule has 0 aromatic rings. The topological polar surface area (TPSA) is 9.23 Å². The summed E-state index contributed by atoms with van der Waals surface area (Å²) in [6, 6.07) is 0. The lowest BCUT2D eigenvalue weighted by Crippen LogP contribution is -2.33. The van der Waals surface area contributed by atoms with Gasteiger partial charge in [-0.2, -0.15) is 0 Å². The molecule has 0 spiro atoms. The molecule has 2 atom stereocenters. The van der Waals surface area contributed by atoms with Gasteiger partial charge in [-0.05, 0) is 31.6 Å². The number of hydrogen-bond acceptors (Lipinski definition) is 1. The minimum atomic E-state index is 0.114. The van der Waals surface area contributed by atoms with Crippen molar-refractivity contribution in [3.8, 4) is 0 Å². The Balaban J connectivity index is 2.32. The highest BCUT2D eigenvalue weighted by molar-refractivity contribution is 14.1. The molecule has 2 unspecified atom stereocenters. The average Bonchev–Trinajstić information content (AvgIpc) is 2.27. The maximum absolute atomic E-state index is 6.02. The van der Waals surface area contributed by atoms with E-state index in [1.54, 1.807) is 0 Å². The fraction of sp³-hybridized carbons (Fsp3) is 1.00. The first kappa shape index (κ1) is 14.3. The van der Waals surface area contributed by atoms with E-state index in [4.69, 9.17) is 27.9 Å². The molecule has 0 radical (unpaired) electrons. The minimum Gasteiger partial charge on any atom is -0.373 e. The first-order valence-electron chi connectivity index (χ1n) is 5.58. The summed E-state index contributed by atoms with van der Waals surface area (Å²) in [6.45, 7) is 2.31.